The molecule has 0 aliphatic carbocycles. The van der Waals surface area contributed by atoms with Gasteiger partial charge in [-0.15, -0.1) is 0 Å². The number of rotatable bonds is 3. The Bertz CT molecular complexity index is 485. The van der Waals surface area contributed by atoms with Crippen LogP contribution in [0.4, 0.5) is 5.69 Å². The molecule has 104 valence electrons. The number of ketones is 1. The fourth-order valence-electron chi connectivity index (χ4n) is 2.53. The van der Waals surface area contributed by atoms with Crippen LogP contribution in [0.25, 0.3) is 0 Å². The second kappa shape index (κ2) is 5.45. The molecular weight excluding hydrogens is 258 g/mol. The lowest BCUT2D eigenvalue weighted by atomic mass is 10.1. The number of methoxy groups -OCH3 is 1. The smallest absolute Gasteiger partial charge is 0.165 e. The van der Waals surface area contributed by atoms with Gasteiger partial charge in [0.1, 0.15) is 5.75 Å². The molecule has 19 heavy (non-hydrogen) atoms. The largest absolute Gasteiger partial charge is 0.496 e. The minimum Gasteiger partial charge on any atom is -0.496 e. The number of carbonyl (C=O) groups excluding carboxylic acids is 1. The number of thioether (sulfide) groups is 1. The van der Waals surface area contributed by atoms with Crippen molar-refractivity contribution in [1.82, 2.24) is 0 Å². The molecule has 1 aliphatic rings. The summed E-state index contributed by atoms with van der Waals surface area (Å²) in [5.74, 6) is 1.81. The third kappa shape index (κ3) is 3.06. The molecule has 0 amide bonds. The molecule has 0 aromatic heterocycles. The van der Waals surface area contributed by atoms with Crippen LogP contribution in [-0.2, 0) is 0 Å². The number of hydrogen-bond donors (Lipinski definition) is 0. The summed E-state index contributed by atoms with van der Waals surface area (Å²) < 4.78 is 5.56. The van der Waals surface area contributed by atoms with Crippen LogP contribution >= 0.6 is 11.8 Å². The summed E-state index contributed by atoms with van der Waals surface area (Å²) in [7, 11) is 1.61. The van der Waals surface area contributed by atoms with E-state index < -0.39 is 0 Å². The Morgan fingerprint density at radius 1 is 1.42 bits per heavy atom. The van der Waals surface area contributed by atoms with E-state index in [1.54, 1.807) is 14.0 Å². The zero-order chi connectivity index (χ0) is 14.0. The Hall–Kier alpha value is -1.16. The maximum atomic E-state index is 11.9. The van der Waals surface area contributed by atoms with Gasteiger partial charge in [-0.2, -0.15) is 11.8 Å². The molecule has 0 N–H and O–H groups in total. The number of ether oxygens (including phenoxy) is 1. The molecular formula is C15H21NO2S. The highest BCUT2D eigenvalue weighted by Crippen LogP contribution is 2.36. The normalized spacial score (nSPS) is 18.2. The minimum atomic E-state index is 0.0588. The number of anilines is 1. The lowest BCUT2D eigenvalue weighted by Gasteiger charge is -2.39. The van der Waals surface area contributed by atoms with Gasteiger partial charge in [-0.3, -0.25) is 4.79 Å². The highest BCUT2D eigenvalue weighted by Gasteiger charge is 2.29. The van der Waals surface area contributed by atoms with Crippen LogP contribution < -0.4 is 9.64 Å². The molecule has 0 saturated carbocycles. The molecule has 0 unspecified atom stereocenters. The summed E-state index contributed by atoms with van der Waals surface area (Å²) in [6, 6.07) is 5.82. The molecule has 1 fully saturated rings. The van der Waals surface area contributed by atoms with Crippen LogP contribution in [0.5, 0.6) is 5.75 Å². The average molecular weight is 279 g/mol. The van der Waals surface area contributed by atoms with E-state index in [0.717, 1.165) is 24.5 Å². The summed E-state index contributed by atoms with van der Waals surface area (Å²) in [4.78, 5) is 14.2. The molecule has 0 spiro atoms. The van der Waals surface area contributed by atoms with E-state index in [1.807, 2.05) is 30.0 Å². The van der Waals surface area contributed by atoms with Crippen LogP contribution in [0.1, 0.15) is 31.1 Å². The fourth-order valence-corrected chi connectivity index (χ4v) is 3.64. The molecule has 1 aromatic rings. The van der Waals surface area contributed by atoms with Gasteiger partial charge in [0.15, 0.2) is 5.78 Å². The topological polar surface area (TPSA) is 29.5 Å². The van der Waals surface area contributed by atoms with Crippen molar-refractivity contribution in [2.45, 2.75) is 25.5 Å². The van der Waals surface area contributed by atoms with Crippen molar-refractivity contribution in [2.75, 3.05) is 30.9 Å². The molecule has 2 rings (SSSR count). The second-order valence-corrected chi connectivity index (χ2v) is 7.24. The predicted octanol–water partition coefficient (Wildman–Crippen LogP) is 3.23. The molecule has 4 heteroatoms. The Kier molecular flexibility index (Phi) is 4.09. The molecule has 1 saturated heterocycles. The number of nitrogens with zero attached hydrogens (tertiary/aromatic N) is 1. The zero-order valence-corrected chi connectivity index (χ0v) is 12.8. The van der Waals surface area contributed by atoms with Crippen LogP contribution in [0.15, 0.2) is 18.2 Å². The Morgan fingerprint density at radius 2 is 2.16 bits per heavy atom. The van der Waals surface area contributed by atoms with E-state index in [1.165, 1.54) is 0 Å². The van der Waals surface area contributed by atoms with Gasteiger partial charge in [-0.1, -0.05) is 6.07 Å². The van der Waals surface area contributed by atoms with Crippen LogP contribution in [-0.4, -0.2) is 36.5 Å². The van der Waals surface area contributed by atoms with Gasteiger partial charge < -0.3 is 9.64 Å². The SMILES string of the molecule is COc1cccc(N2CCSC(C)(C)C2)c1C(C)=O. The summed E-state index contributed by atoms with van der Waals surface area (Å²) in [6.45, 7) is 8.02. The first-order chi connectivity index (χ1) is 8.94. The lowest BCUT2D eigenvalue weighted by Crippen LogP contribution is -2.43. The molecule has 0 radical (unpaired) electrons. The number of Topliss-reactive ketones (excluding diaryl/α,β-unsaturated/α-hetero) is 1. The first kappa shape index (κ1) is 14.3. The average Bonchev–Trinajstić information content (AvgIpc) is 2.36. The van der Waals surface area contributed by atoms with Gasteiger partial charge in [0.2, 0.25) is 0 Å². The molecule has 1 aliphatic heterocycles. The predicted molar refractivity (Wildman–Crippen MR) is 81.7 cm³/mol. The molecule has 1 aromatic carbocycles. The molecule has 3 nitrogen and oxygen atoms in total. The Morgan fingerprint density at radius 3 is 2.74 bits per heavy atom. The van der Waals surface area contributed by atoms with E-state index in [9.17, 15) is 4.79 Å². The van der Waals surface area contributed by atoms with Gasteiger partial charge in [-0.05, 0) is 32.9 Å². The molecule has 0 bridgehead atoms. The van der Waals surface area contributed by atoms with E-state index in [0.29, 0.717) is 11.3 Å². The number of benzene rings is 1. The first-order valence-electron chi connectivity index (χ1n) is 6.51. The van der Waals surface area contributed by atoms with Crippen LogP contribution in [0.2, 0.25) is 0 Å². The summed E-state index contributed by atoms with van der Waals surface area (Å²) in [6.07, 6.45) is 0. The monoisotopic (exact) mass is 279 g/mol. The first-order valence-corrected chi connectivity index (χ1v) is 7.50. The molecule has 0 atom stereocenters. The summed E-state index contributed by atoms with van der Waals surface area (Å²) >= 11 is 1.99. The standard InChI is InChI=1S/C15H21NO2S/c1-11(17)14-12(6-5-7-13(14)18-4)16-8-9-19-15(2,3)10-16/h5-7H,8-10H2,1-4H3. The van der Waals surface area contributed by atoms with Crippen molar-refractivity contribution in [3.8, 4) is 5.75 Å². The van der Waals surface area contributed by atoms with Gasteiger partial charge >= 0.3 is 0 Å². The van der Waals surface area contributed by atoms with Crippen molar-refractivity contribution in [1.29, 1.82) is 0 Å². The van der Waals surface area contributed by atoms with Gasteiger partial charge in [0.25, 0.3) is 0 Å². The van der Waals surface area contributed by atoms with Crippen molar-refractivity contribution >= 4 is 23.2 Å². The van der Waals surface area contributed by atoms with E-state index >= 15 is 0 Å². The van der Waals surface area contributed by atoms with Crippen molar-refractivity contribution in [2.24, 2.45) is 0 Å². The maximum Gasteiger partial charge on any atom is 0.165 e. The van der Waals surface area contributed by atoms with E-state index in [-0.39, 0.29) is 10.5 Å². The quantitative estimate of drug-likeness (QED) is 0.795. The van der Waals surface area contributed by atoms with Crippen molar-refractivity contribution in [3.05, 3.63) is 23.8 Å². The maximum absolute atomic E-state index is 11.9. The highest BCUT2D eigenvalue weighted by atomic mass is 32.2. The lowest BCUT2D eigenvalue weighted by molar-refractivity contribution is 0.101. The Labute approximate surface area is 119 Å². The number of carbonyl (C=O) groups is 1. The highest BCUT2D eigenvalue weighted by molar-refractivity contribution is 8.00. The second-order valence-electron chi connectivity index (χ2n) is 5.44. The fraction of sp³-hybridized carbons (Fsp3) is 0.533. The zero-order valence-electron chi connectivity index (χ0n) is 12.0. The van der Waals surface area contributed by atoms with Gasteiger partial charge in [0, 0.05) is 23.6 Å². The third-order valence-corrected chi connectivity index (χ3v) is 4.64. The minimum absolute atomic E-state index is 0.0588. The van der Waals surface area contributed by atoms with Crippen molar-refractivity contribution < 1.29 is 9.53 Å². The van der Waals surface area contributed by atoms with Gasteiger partial charge in [-0.25, -0.2) is 0 Å². The van der Waals surface area contributed by atoms with Crippen LogP contribution in [0, 0.1) is 0 Å². The third-order valence-electron chi connectivity index (χ3n) is 3.34. The van der Waals surface area contributed by atoms with Crippen molar-refractivity contribution in [3.63, 3.8) is 0 Å². The summed E-state index contributed by atoms with van der Waals surface area (Å²) in [5, 5.41) is 0. The Balaban J connectivity index is 2.41. The summed E-state index contributed by atoms with van der Waals surface area (Å²) in [5.41, 5.74) is 1.70. The van der Waals surface area contributed by atoms with E-state index in [4.69, 9.17) is 4.74 Å². The number of hydrogen-bond acceptors (Lipinski definition) is 4. The van der Waals surface area contributed by atoms with E-state index in [2.05, 4.69) is 18.7 Å². The van der Waals surface area contributed by atoms with Crippen LogP contribution in [0.3, 0.4) is 0 Å². The van der Waals surface area contributed by atoms with Gasteiger partial charge in [0.05, 0.1) is 18.4 Å². The molecule has 1 heterocycles.